The Morgan fingerprint density at radius 1 is 1.00 bits per heavy atom. The number of carboxylic acids is 1. The number of unbranched alkanes of at least 4 members (excludes halogenated alkanes) is 1. The number of carbonyl (C=O) groups excluding carboxylic acids is 2. The molecule has 3 rings (SSSR count). The zero-order valence-electron chi connectivity index (χ0n) is 18.3. The smallest absolute Gasteiger partial charge is 0.407 e. The molecular formula is C25H30N2O5. The van der Waals surface area contributed by atoms with Gasteiger partial charge in [0.1, 0.15) is 6.61 Å². The summed E-state index contributed by atoms with van der Waals surface area (Å²) in [6.45, 7) is 2.52. The van der Waals surface area contributed by atoms with Crippen molar-refractivity contribution < 1.29 is 24.2 Å². The molecule has 170 valence electrons. The van der Waals surface area contributed by atoms with Crippen LogP contribution in [-0.4, -0.2) is 42.3 Å². The van der Waals surface area contributed by atoms with Gasteiger partial charge in [-0.2, -0.15) is 0 Å². The molecule has 0 aromatic heterocycles. The Balaban J connectivity index is 1.37. The molecule has 0 heterocycles. The van der Waals surface area contributed by atoms with Crippen LogP contribution in [0.4, 0.5) is 4.79 Å². The van der Waals surface area contributed by atoms with E-state index in [1.807, 2.05) is 31.2 Å². The number of fused-ring (bicyclic) bond motifs is 3. The molecule has 0 aliphatic heterocycles. The van der Waals surface area contributed by atoms with Crippen molar-refractivity contribution in [3.8, 4) is 11.1 Å². The summed E-state index contributed by atoms with van der Waals surface area (Å²) in [6, 6.07) is 16.0. The number of carbonyl (C=O) groups is 3. The molecule has 0 unspecified atom stereocenters. The van der Waals surface area contributed by atoms with Gasteiger partial charge in [-0.05, 0) is 41.5 Å². The summed E-state index contributed by atoms with van der Waals surface area (Å²) in [6.07, 6.45) is 1.55. The third kappa shape index (κ3) is 6.09. The zero-order chi connectivity index (χ0) is 22.9. The van der Waals surface area contributed by atoms with E-state index in [9.17, 15) is 14.4 Å². The maximum atomic E-state index is 12.1. The van der Waals surface area contributed by atoms with Crippen molar-refractivity contribution in [1.29, 1.82) is 0 Å². The fraction of sp³-hybridized carbons (Fsp3) is 0.400. The van der Waals surface area contributed by atoms with Crippen LogP contribution < -0.4 is 10.6 Å². The van der Waals surface area contributed by atoms with Gasteiger partial charge in [0, 0.05) is 24.9 Å². The second-order valence-corrected chi connectivity index (χ2v) is 7.98. The van der Waals surface area contributed by atoms with Gasteiger partial charge in [0.25, 0.3) is 0 Å². The molecule has 1 aliphatic carbocycles. The standard InChI is InChI=1S/C25H30N2O5/c1-2-17(15-24(29)30)27-23(28)13-7-8-14-26-25(31)32-16-22-20-11-5-3-9-18(20)19-10-4-6-12-21(19)22/h3-6,9-12,17,22H,2,7-8,13-16H2,1H3,(H,26,31)(H,27,28)(H,29,30)/t17-/m1/s1. The van der Waals surface area contributed by atoms with E-state index < -0.39 is 12.1 Å². The predicted octanol–water partition coefficient (Wildman–Crippen LogP) is 4.06. The molecule has 3 N–H and O–H groups in total. The van der Waals surface area contributed by atoms with Crippen LogP contribution in [0.15, 0.2) is 48.5 Å². The summed E-state index contributed by atoms with van der Waals surface area (Å²) in [5.41, 5.74) is 4.70. The maximum Gasteiger partial charge on any atom is 0.407 e. The lowest BCUT2D eigenvalue weighted by molar-refractivity contribution is -0.137. The van der Waals surface area contributed by atoms with E-state index in [0.717, 1.165) is 0 Å². The van der Waals surface area contributed by atoms with Crippen molar-refractivity contribution >= 4 is 18.0 Å². The van der Waals surface area contributed by atoms with Crippen LogP contribution in [0.5, 0.6) is 0 Å². The Bertz CT molecular complexity index is 913. The molecule has 1 atom stereocenters. The lowest BCUT2D eigenvalue weighted by Crippen LogP contribution is -2.36. The number of amides is 2. The highest BCUT2D eigenvalue weighted by molar-refractivity contribution is 5.79. The molecule has 1 aliphatic rings. The summed E-state index contributed by atoms with van der Waals surface area (Å²) in [5.74, 6) is -1.07. The second-order valence-electron chi connectivity index (χ2n) is 7.98. The minimum atomic E-state index is -0.926. The van der Waals surface area contributed by atoms with Gasteiger partial charge in [-0.25, -0.2) is 4.79 Å². The fourth-order valence-corrected chi connectivity index (χ4v) is 4.06. The van der Waals surface area contributed by atoms with E-state index in [0.29, 0.717) is 32.2 Å². The van der Waals surface area contributed by atoms with E-state index in [1.165, 1.54) is 22.3 Å². The van der Waals surface area contributed by atoms with Gasteiger partial charge in [0.2, 0.25) is 5.91 Å². The van der Waals surface area contributed by atoms with Gasteiger partial charge in [-0.1, -0.05) is 55.5 Å². The first-order chi connectivity index (χ1) is 15.5. The molecule has 2 aromatic carbocycles. The summed E-state index contributed by atoms with van der Waals surface area (Å²) in [5, 5.41) is 14.3. The van der Waals surface area contributed by atoms with Crippen molar-refractivity contribution in [2.24, 2.45) is 0 Å². The number of alkyl carbamates (subject to hydrolysis) is 1. The van der Waals surface area contributed by atoms with E-state index in [4.69, 9.17) is 9.84 Å². The van der Waals surface area contributed by atoms with Gasteiger partial charge >= 0.3 is 12.1 Å². The number of carboxylic acid groups (broad SMARTS) is 1. The number of aliphatic carboxylic acids is 1. The average molecular weight is 439 g/mol. The first-order valence-electron chi connectivity index (χ1n) is 11.1. The molecule has 0 bridgehead atoms. The molecule has 0 saturated heterocycles. The number of benzene rings is 2. The van der Waals surface area contributed by atoms with Crippen molar-refractivity contribution in [2.75, 3.05) is 13.2 Å². The average Bonchev–Trinajstić information content (AvgIpc) is 3.10. The van der Waals surface area contributed by atoms with Gasteiger partial charge in [0.15, 0.2) is 0 Å². The summed E-state index contributed by atoms with van der Waals surface area (Å²) < 4.78 is 5.49. The van der Waals surface area contributed by atoms with E-state index in [1.54, 1.807) is 0 Å². The Morgan fingerprint density at radius 2 is 1.62 bits per heavy atom. The Hall–Kier alpha value is -3.35. The van der Waals surface area contributed by atoms with E-state index >= 15 is 0 Å². The minimum absolute atomic E-state index is 0.0224. The molecule has 7 heteroatoms. The Kier molecular flexibility index (Phi) is 8.25. The summed E-state index contributed by atoms with van der Waals surface area (Å²) in [7, 11) is 0. The van der Waals surface area contributed by atoms with E-state index in [-0.39, 0.29) is 30.9 Å². The highest BCUT2D eigenvalue weighted by Crippen LogP contribution is 2.44. The molecule has 7 nitrogen and oxygen atoms in total. The van der Waals surface area contributed by atoms with E-state index in [2.05, 4.69) is 34.9 Å². The lowest BCUT2D eigenvalue weighted by atomic mass is 9.98. The first kappa shape index (κ1) is 23.3. The van der Waals surface area contributed by atoms with Gasteiger partial charge in [-0.15, -0.1) is 0 Å². The van der Waals surface area contributed by atoms with Crippen LogP contribution in [0.1, 0.15) is 56.1 Å². The molecule has 32 heavy (non-hydrogen) atoms. The lowest BCUT2D eigenvalue weighted by Gasteiger charge is -2.15. The Labute approximate surface area is 188 Å². The number of hydrogen-bond acceptors (Lipinski definition) is 4. The van der Waals surface area contributed by atoms with Crippen LogP contribution in [0.2, 0.25) is 0 Å². The molecule has 2 amide bonds. The number of rotatable bonds is 11. The van der Waals surface area contributed by atoms with Gasteiger partial charge in [-0.3, -0.25) is 9.59 Å². The van der Waals surface area contributed by atoms with Crippen molar-refractivity contribution in [2.45, 2.75) is 51.0 Å². The molecule has 0 spiro atoms. The monoisotopic (exact) mass is 438 g/mol. The summed E-state index contributed by atoms with van der Waals surface area (Å²) in [4.78, 5) is 34.8. The molecule has 0 saturated carbocycles. The Morgan fingerprint density at radius 3 is 2.22 bits per heavy atom. The van der Waals surface area contributed by atoms with Crippen molar-refractivity contribution in [3.05, 3.63) is 59.7 Å². The maximum absolute atomic E-state index is 12.1. The highest BCUT2D eigenvalue weighted by atomic mass is 16.5. The van der Waals surface area contributed by atoms with Gasteiger partial charge < -0.3 is 20.5 Å². The number of ether oxygens (including phenoxy) is 1. The van der Waals surface area contributed by atoms with Crippen LogP contribution in [0.3, 0.4) is 0 Å². The third-order valence-corrected chi connectivity index (χ3v) is 5.72. The first-order valence-corrected chi connectivity index (χ1v) is 11.1. The molecule has 0 radical (unpaired) electrons. The SMILES string of the molecule is CC[C@H](CC(=O)O)NC(=O)CCCCNC(=O)OCC1c2ccccc2-c2ccccc21. The fourth-order valence-electron chi connectivity index (χ4n) is 4.06. The highest BCUT2D eigenvalue weighted by Gasteiger charge is 2.28. The number of hydrogen-bond donors (Lipinski definition) is 3. The quantitative estimate of drug-likeness (QED) is 0.459. The second kappa shape index (κ2) is 11.3. The minimum Gasteiger partial charge on any atom is -0.481 e. The molecule has 0 fully saturated rings. The normalized spacial score (nSPS) is 13.0. The zero-order valence-corrected chi connectivity index (χ0v) is 18.3. The molecular weight excluding hydrogens is 408 g/mol. The van der Waals surface area contributed by atoms with Crippen LogP contribution >= 0.6 is 0 Å². The van der Waals surface area contributed by atoms with Crippen LogP contribution in [-0.2, 0) is 14.3 Å². The number of nitrogens with one attached hydrogen (secondary N) is 2. The topological polar surface area (TPSA) is 105 Å². The predicted molar refractivity (Wildman–Crippen MR) is 121 cm³/mol. The summed E-state index contributed by atoms with van der Waals surface area (Å²) >= 11 is 0. The van der Waals surface area contributed by atoms with Crippen LogP contribution in [0.25, 0.3) is 11.1 Å². The van der Waals surface area contributed by atoms with Crippen molar-refractivity contribution in [3.63, 3.8) is 0 Å². The third-order valence-electron chi connectivity index (χ3n) is 5.72. The molecule has 2 aromatic rings. The van der Waals surface area contributed by atoms with Gasteiger partial charge in [0.05, 0.1) is 6.42 Å². The van der Waals surface area contributed by atoms with Crippen LogP contribution in [0, 0.1) is 0 Å². The van der Waals surface area contributed by atoms with Crippen molar-refractivity contribution in [1.82, 2.24) is 10.6 Å². The largest absolute Gasteiger partial charge is 0.481 e.